The molecule has 0 amide bonds. The number of esters is 1. The number of ketones is 1. The van der Waals surface area contributed by atoms with Gasteiger partial charge in [0.2, 0.25) is 0 Å². The average Bonchev–Trinajstić information content (AvgIpc) is 2.56. The van der Waals surface area contributed by atoms with Gasteiger partial charge in [-0.1, -0.05) is 34.1 Å². The molecule has 1 aliphatic rings. The van der Waals surface area contributed by atoms with Crippen LogP contribution in [0.3, 0.4) is 0 Å². The number of halogens is 1. The van der Waals surface area contributed by atoms with Gasteiger partial charge in [0, 0.05) is 15.7 Å². The quantitative estimate of drug-likeness (QED) is 0.838. The van der Waals surface area contributed by atoms with E-state index in [9.17, 15) is 9.59 Å². The smallest absolute Gasteiger partial charge is 0.355 e. The molecule has 0 fully saturated rings. The van der Waals surface area contributed by atoms with Gasteiger partial charge in [0.05, 0.1) is 12.8 Å². The van der Waals surface area contributed by atoms with Crippen LogP contribution in [0.4, 0.5) is 11.4 Å². The maximum Gasteiger partial charge on any atom is 0.355 e. The highest BCUT2D eigenvalue weighted by atomic mass is 79.9. The number of rotatable bonds is 3. The van der Waals surface area contributed by atoms with Gasteiger partial charge in [-0.3, -0.25) is 4.79 Å². The van der Waals surface area contributed by atoms with Gasteiger partial charge in [-0.15, -0.1) is 0 Å². The number of hydrogen-bond donors (Lipinski definition) is 1. The van der Waals surface area contributed by atoms with Crippen LogP contribution in [-0.4, -0.2) is 30.6 Å². The fourth-order valence-corrected chi connectivity index (χ4v) is 2.80. The number of nitrogens with one attached hydrogen (secondary N) is 1. The van der Waals surface area contributed by atoms with Crippen molar-refractivity contribution in [3.8, 4) is 0 Å². The van der Waals surface area contributed by atoms with Crippen LogP contribution < -0.4 is 5.32 Å². The Morgan fingerprint density at radius 2 is 2.00 bits per heavy atom. The maximum absolute atomic E-state index is 12.8. The summed E-state index contributed by atoms with van der Waals surface area (Å²) in [5.74, 6) is -0.837. The fourth-order valence-electron chi connectivity index (χ4n) is 2.40. The molecule has 0 aliphatic carbocycles. The fraction of sp³-hybridized carbons (Fsp3) is 0.118. The predicted octanol–water partition coefficient (Wildman–Crippen LogP) is 3.37. The molecule has 6 heteroatoms. The molecule has 2 aromatic rings. The summed E-state index contributed by atoms with van der Waals surface area (Å²) in [6.07, 6.45) is 0. The number of fused-ring (bicyclic) bond motifs is 1. The highest BCUT2D eigenvalue weighted by Gasteiger charge is 2.35. The summed E-state index contributed by atoms with van der Waals surface area (Å²) in [6, 6.07) is 13.4. The lowest BCUT2D eigenvalue weighted by molar-refractivity contribution is -0.132. The molecule has 0 radical (unpaired) electrons. The first kappa shape index (κ1) is 15.4. The molecule has 0 spiro atoms. The van der Waals surface area contributed by atoms with E-state index in [1.165, 1.54) is 7.11 Å². The highest BCUT2D eigenvalue weighted by molar-refractivity contribution is 9.10. The van der Waals surface area contributed by atoms with E-state index in [0.717, 1.165) is 4.47 Å². The number of anilines is 1. The molecule has 3 rings (SSSR count). The van der Waals surface area contributed by atoms with Gasteiger partial charge in [0.25, 0.3) is 0 Å². The van der Waals surface area contributed by atoms with Crippen molar-refractivity contribution in [2.24, 2.45) is 4.99 Å². The van der Waals surface area contributed by atoms with Crippen LogP contribution in [0.15, 0.2) is 58.0 Å². The molecule has 0 saturated carbocycles. The van der Waals surface area contributed by atoms with Gasteiger partial charge < -0.3 is 10.1 Å². The van der Waals surface area contributed by atoms with E-state index < -0.39 is 12.0 Å². The van der Waals surface area contributed by atoms with E-state index in [1.807, 2.05) is 24.3 Å². The molecule has 0 bridgehead atoms. The minimum Gasteiger partial charge on any atom is -0.464 e. The summed E-state index contributed by atoms with van der Waals surface area (Å²) in [5.41, 5.74) is 1.71. The third-order valence-electron chi connectivity index (χ3n) is 3.48. The summed E-state index contributed by atoms with van der Waals surface area (Å²) in [6.45, 7) is 0. The van der Waals surface area contributed by atoms with Crippen LogP contribution in [0.25, 0.3) is 0 Å². The molecule has 0 saturated heterocycles. The van der Waals surface area contributed by atoms with E-state index in [0.29, 0.717) is 16.9 Å². The minimum absolute atomic E-state index is 0.0520. The van der Waals surface area contributed by atoms with Crippen LogP contribution in [0.1, 0.15) is 10.4 Å². The Kier molecular flexibility index (Phi) is 4.25. The van der Waals surface area contributed by atoms with Crippen molar-refractivity contribution in [2.45, 2.75) is 6.04 Å². The summed E-state index contributed by atoms with van der Waals surface area (Å²) >= 11 is 3.38. The maximum atomic E-state index is 12.8. The molecule has 1 unspecified atom stereocenters. The number of ether oxygens (including phenoxy) is 1. The van der Waals surface area contributed by atoms with Crippen LogP contribution >= 0.6 is 15.9 Å². The van der Waals surface area contributed by atoms with Crippen molar-refractivity contribution in [3.63, 3.8) is 0 Å². The van der Waals surface area contributed by atoms with Gasteiger partial charge >= 0.3 is 5.97 Å². The van der Waals surface area contributed by atoms with Crippen molar-refractivity contribution in [3.05, 3.63) is 58.6 Å². The second kappa shape index (κ2) is 6.34. The van der Waals surface area contributed by atoms with Gasteiger partial charge in [0.15, 0.2) is 11.5 Å². The molecule has 1 N–H and O–H groups in total. The van der Waals surface area contributed by atoms with E-state index >= 15 is 0 Å². The molecular weight excluding hydrogens is 360 g/mol. The number of Topliss-reactive ketones (excluding diaryl/α,β-unsaturated/α-hetero) is 1. The molecule has 116 valence electrons. The lowest BCUT2D eigenvalue weighted by atomic mass is 9.95. The van der Waals surface area contributed by atoms with Gasteiger partial charge in [0.1, 0.15) is 6.04 Å². The standard InChI is InChI=1S/C17H13BrN2O3/c1-23-17(22)15-14(19-11-6-4-5-10(18)9-11)16(21)12-7-2-3-8-13(12)20-15/h2-9,14,19H,1H3. The Morgan fingerprint density at radius 1 is 1.22 bits per heavy atom. The molecule has 2 aromatic carbocycles. The summed E-state index contributed by atoms with van der Waals surface area (Å²) in [4.78, 5) is 29.1. The van der Waals surface area contributed by atoms with Crippen LogP contribution in [0.5, 0.6) is 0 Å². The van der Waals surface area contributed by atoms with Gasteiger partial charge in [-0.05, 0) is 30.3 Å². The number of carbonyl (C=O) groups excluding carboxylic acids is 2. The predicted molar refractivity (Wildman–Crippen MR) is 91.4 cm³/mol. The molecule has 5 nitrogen and oxygen atoms in total. The third kappa shape index (κ3) is 3.03. The van der Waals surface area contributed by atoms with Crippen LogP contribution in [-0.2, 0) is 9.53 Å². The molecule has 1 atom stereocenters. The lowest BCUT2D eigenvalue weighted by Gasteiger charge is -2.24. The number of methoxy groups -OCH3 is 1. The lowest BCUT2D eigenvalue weighted by Crippen LogP contribution is -2.44. The zero-order valence-corrected chi connectivity index (χ0v) is 13.8. The first-order valence-corrected chi connectivity index (χ1v) is 7.71. The molecule has 1 heterocycles. The van der Waals surface area contributed by atoms with E-state index in [2.05, 4.69) is 26.2 Å². The normalized spacial score (nSPS) is 16.3. The first-order chi connectivity index (χ1) is 11.1. The summed E-state index contributed by atoms with van der Waals surface area (Å²) < 4.78 is 5.64. The second-order valence-electron chi connectivity index (χ2n) is 4.96. The monoisotopic (exact) mass is 372 g/mol. The van der Waals surface area contributed by atoms with E-state index in [4.69, 9.17) is 4.74 Å². The Balaban J connectivity index is 2.03. The van der Waals surface area contributed by atoms with Crippen molar-refractivity contribution >= 4 is 44.8 Å². The third-order valence-corrected chi connectivity index (χ3v) is 3.97. The SMILES string of the molecule is COC(=O)C1=Nc2ccccc2C(=O)C1Nc1cccc(Br)c1. The zero-order chi connectivity index (χ0) is 16.4. The number of hydrogen-bond acceptors (Lipinski definition) is 5. The first-order valence-electron chi connectivity index (χ1n) is 6.92. The Morgan fingerprint density at radius 3 is 2.74 bits per heavy atom. The highest BCUT2D eigenvalue weighted by Crippen LogP contribution is 2.28. The largest absolute Gasteiger partial charge is 0.464 e. The van der Waals surface area contributed by atoms with Crippen molar-refractivity contribution < 1.29 is 14.3 Å². The number of aliphatic imine (C=N–C) groups is 1. The summed E-state index contributed by atoms with van der Waals surface area (Å²) in [7, 11) is 1.27. The van der Waals surface area contributed by atoms with Crippen molar-refractivity contribution in [1.82, 2.24) is 0 Å². The van der Waals surface area contributed by atoms with E-state index in [-0.39, 0.29) is 11.5 Å². The second-order valence-corrected chi connectivity index (χ2v) is 5.87. The van der Waals surface area contributed by atoms with Gasteiger partial charge in [-0.2, -0.15) is 0 Å². The van der Waals surface area contributed by atoms with E-state index in [1.54, 1.807) is 24.3 Å². The van der Waals surface area contributed by atoms with Crippen molar-refractivity contribution in [2.75, 3.05) is 12.4 Å². The number of para-hydroxylation sites is 1. The Labute approximate surface area is 141 Å². The Hall–Kier alpha value is -2.47. The summed E-state index contributed by atoms with van der Waals surface area (Å²) in [5, 5.41) is 3.07. The zero-order valence-electron chi connectivity index (χ0n) is 12.2. The molecular formula is C17H13BrN2O3. The topological polar surface area (TPSA) is 67.8 Å². The number of carbonyl (C=O) groups is 2. The van der Waals surface area contributed by atoms with Crippen molar-refractivity contribution in [1.29, 1.82) is 0 Å². The van der Waals surface area contributed by atoms with Crippen LogP contribution in [0, 0.1) is 0 Å². The number of benzene rings is 2. The average molecular weight is 373 g/mol. The molecule has 0 aromatic heterocycles. The molecule has 1 aliphatic heterocycles. The number of nitrogens with zero attached hydrogens (tertiary/aromatic N) is 1. The Bertz CT molecular complexity index is 817. The van der Waals surface area contributed by atoms with Crippen LogP contribution in [0.2, 0.25) is 0 Å². The van der Waals surface area contributed by atoms with Gasteiger partial charge in [-0.25, -0.2) is 9.79 Å². The molecule has 23 heavy (non-hydrogen) atoms. The minimum atomic E-state index is -0.883.